The van der Waals surface area contributed by atoms with E-state index in [0.717, 1.165) is 30.8 Å². The van der Waals surface area contributed by atoms with Crippen molar-refractivity contribution in [1.29, 1.82) is 0 Å². The van der Waals surface area contributed by atoms with Gasteiger partial charge in [0, 0.05) is 30.9 Å². The molecule has 0 heterocycles. The topological polar surface area (TPSA) is 30.5 Å². The fourth-order valence-electron chi connectivity index (χ4n) is 4.01. The van der Waals surface area contributed by atoms with E-state index < -0.39 is 0 Å². The van der Waals surface area contributed by atoms with Crippen LogP contribution in [0.1, 0.15) is 48.1 Å². The number of rotatable bonds is 11. The first-order valence-electron chi connectivity index (χ1n) is 11.3. The molecule has 0 amide bonds. The Morgan fingerprint density at radius 2 is 1.59 bits per heavy atom. The molecule has 32 heavy (non-hydrogen) atoms. The van der Waals surface area contributed by atoms with Gasteiger partial charge in [-0.1, -0.05) is 89.2 Å². The van der Waals surface area contributed by atoms with Crippen molar-refractivity contribution in [2.75, 3.05) is 13.9 Å². The monoisotopic (exact) mass is 449 g/mol. The van der Waals surface area contributed by atoms with Crippen LogP contribution in [-0.2, 0) is 23.0 Å². The normalized spacial score (nSPS) is 13.4. The van der Waals surface area contributed by atoms with Gasteiger partial charge in [-0.3, -0.25) is 0 Å². The first kappa shape index (κ1) is 24.5. The van der Waals surface area contributed by atoms with E-state index in [1.807, 2.05) is 0 Å². The van der Waals surface area contributed by atoms with E-state index >= 15 is 0 Å². The number of ether oxygens (including phenoxy) is 2. The summed E-state index contributed by atoms with van der Waals surface area (Å²) >= 11 is 0. The van der Waals surface area contributed by atoms with Gasteiger partial charge in [-0.25, -0.2) is 0 Å². The number of benzene rings is 3. The van der Waals surface area contributed by atoms with Crippen LogP contribution < -0.4 is 15.4 Å². The third kappa shape index (κ3) is 5.98. The second-order valence-electron chi connectivity index (χ2n) is 8.51. The van der Waals surface area contributed by atoms with Gasteiger partial charge < -0.3 is 14.8 Å². The Kier molecular flexibility index (Phi) is 8.87. The molecule has 1 N–H and O–H groups in total. The van der Waals surface area contributed by atoms with E-state index in [4.69, 9.17) is 9.47 Å². The lowest BCUT2D eigenvalue weighted by Crippen LogP contribution is -2.25. The summed E-state index contributed by atoms with van der Waals surface area (Å²) < 4.78 is 11.3. The summed E-state index contributed by atoms with van der Waals surface area (Å²) in [4.78, 5) is 0. The Morgan fingerprint density at radius 1 is 0.875 bits per heavy atom. The summed E-state index contributed by atoms with van der Waals surface area (Å²) in [5, 5.41) is 5.08. The molecule has 3 rings (SSSR count). The predicted molar refractivity (Wildman–Crippen MR) is 137 cm³/mol. The molecule has 0 aromatic heterocycles. The minimum absolute atomic E-state index is 0.0185. The standard InChI is InChI=1S/C28H36NO2P/c1-6-28(4,25-17-11-12-21(2)26(25)31-20-30-5)32-27-22(3)13-10-16-24(27)19-29-18-23-14-8-7-9-15-23/h7-17,29,32H,6,18-20H2,1-5H3. The van der Waals surface area contributed by atoms with Crippen LogP contribution in [0.2, 0.25) is 0 Å². The van der Waals surface area contributed by atoms with E-state index in [1.165, 1.54) is 27.6 Å². The molecule has 2 atom stereocenters. The molecule has 3 nitrogen and oxygen atoms in total. The number of para-hydroxylation sites is 1. The van der Waals surface area contributed by atoms with E-state index in [2.05, 4.69) is 99.7 Å². The molecule has 0 fully saturated rings. The van der Waals surface area contributed by atoms with Gasteiger partial charge in [0.1, 0.15) is 5.75 Å². The van der Waals surface area contributed by atoms with Crippen LogP contribution in [0.3, 0.4) is 0 Å². The lowest BCUT2D eigenvalue weighted by Gasteiger charge is -2.33. The second-order valence-corrected chi connectivity index (χ2v) is 10.4. The summed E-state index contributed by atoms with van der Waals surface area (Å²) in [5.74, 6) is 0.962. The van der Waals surface area contributed by atoms with Crippen LogP contribution in [0.15, 0.2) is 66.7 Å². The number of nitrogens with one attached hydrogen (secondary N) is 1. The highest BCUT2D eigenvalue weighted by Crippen LogP contribution is 2.48. The summed E-state index contributed by atoms with van der Waals surface area (Å²) in [6, 6.07) is 23.7. The lowest BCUT2D eigenvalue weighted by atomic mass is 9.94. The summed E-state index contributed by atoms with van der Waals surface area (Å²) in [5.41, 5.74) is 6.46. The zero-order valence-electron chi connectivity index (χ0n) is 20.0. The Balaban J connectivity index is 1.87. The van der Waals surface area contributed by atoms with E-state index in [-0.39, 0.29) is 11.9 Å². The molecule has 0 aliphatic rings. The summed E-state index contributed by atoms with van der Waals surface area (Å²) in [6.45, 7) is 11.0. The van der Waals surface area contributed by atoms with Crippen LogP contribution >= 0.6 is 8.58 Å². The van der Waals surface area contributed by atoms with E-state index in [0.29, 0.717) is 8.58 Å². The molecule has 0 bridgehead atoms. The maximum atomic E-state index is 6.05. The third-order valence-corrected chi connectivity index (χ3v) is 8.22. The van der Waals surface area contributed by atoms with Gasteiger partial charge in [0.15, 0.2) is 6.79 Å². The van der Waals surface area contributed by atoms with Crippen LogP contribution in [0.4, 0.5) is 0 Å². The first-order chi connectivity index (χ1) is 15.5. The van der Waals surface area contributed by atoms with Gasteiger partial charge >= 0.3 is 0 Å². The molecular formula is C28H36NO2P. The molecule has 0 spiro atoms. The molecular weight excluding hydrogens is 413 g/mol. The van der Waals surface area contributed by atoms with Crippen molar-refractivity contribution < 1.29 is 9.47 Å². The van der Waals surface area contributed by atoms with Crippen molar-refractivity contribution in [2.45, 2.75) is 52.4 Å². The molecule has 3 aromatic carbocycles. The van der Waals surface area contributed by atoms with Crippen LogP contribution in [0.25, 0.3) is 0 Å². The predicted octanol–water partition coefficient (Wildman–Crippen LogP) is 6.21. The molecule has 2 unspecified atom stereocenters. The highest BCUT2D eigenvalue weighted by molar-refractivity contribution is 7.48. The highest BCUT2D eigenvalue weighted by Gasteiger charge is 2.30. The van der Waals surface area contributed by atoms with E-state index in [1.54, 1.807) is 7.11 Å². The van der Waals surface area contributed by atoms with Crippen LogP contribution in [0.5, 0.6) is 5.75 Å². The Hall–Kier alpha value is -2.19. The average Bonchev–Trinajstić information content (AvgIpc) is 2.81. The van der Waals surface area contributed by atoms with Crippen LogP contribution in [0, 0.1) is 13.8 Å². The van der Waals surface area contributed by atoms with Gasteiger partial charge in [-0.05, 0) is 47.8 Å². The zero-order chi connectivity index (χ0) is 23.0. The third-order valence-electron chi connectivity index (χ3n) is 6.08. The number of hydrogen-bond acceptors (Lipinski definition) is 3. The Bertz CT molecular complexity index is 1010. The Morgan fingerprint density at radius 3 is 2.31 bits per heavy atom. The van der Waals surface area contributed by atoms with Gasteiger partial charge in [0.05, 0.1) is 0 Å². The van der Waals surface area contributed by atoms with Crippen molar-refractivity contribution in [2.24, 2.45) is 0 Å². The van der Waals surface area contributed by atoms with Crippen molar-refractivity contribution in [3.63, 3.8) is 0 Å². The quantitative estimate of drug-likeness (QED) is 0.279. The number of methoxy groups -OCH3 is 1. The summed E-state index contributed by atoms with van der Waals surface area (Å²) in [6.07, 6.45) is 1.03. The Labute approximate surface area is 195 Å². The highest BCUT2D eigenvalue weighted by atomic mass is 31.1. The zero-order valence-corrected chi connectivity index (χ0v) is 21.0. The summed E-state index contributed by atoms with van der Waals surface area (Å²) in [7, 11) is 2.31. The largest absolute Gasteiger partial charge is 0.467 e. The number of hydrogen-bond donors (Lipinski definition) is 1. The van der Waals surface area contributed by atoms with Crippen molar-refractivity contribution in [3.05, 3.63) is 94.5 Å². The maximum absolute atomic E-state index is 6.05. The maximum Gasteiger partial charge on any atom is 0.188 e. The number of aryl methyl sites for hydroxylation is 2. The molecule has 0 aliphatic heterocycles. The van der Waals surface area contributed by atoms with Crippen LogP contribution in [-0.4, -0.2) is 13.9 Å². The molecule has 170 valence electrons. The fourth-order valence-corrected chi connectivity index (χ4v) is 5.68. The van der Waals surface area contributed by atoms with E-state index in [9.17, 15) is 0 Å². The molecule has 0 aliphatic carbocycles. The molecule has 0 radical (unpaired) electrons. The fraction of sp³-hybridized carbons (Fsp3) is 0.357. The lowest BCUT2D eigenvalue weighted by molar-refractivity contribution is 0.0495. The molecule has 4 heteroatoms. The minimum Gasteiger partial charge on any atom is -0.467 e. The van der Waals surface area contributed by atoms with Gasteiger partial charge in [-0.2, -0.15) is 0 Å². The molecule has 3 aromatic rings. The molecule has 0 saturated heterocycles. The minimum atomic E-state index is -0.0185. The van der Waals surface area contributed by atoms with Gasteiger partial charge in [0.2, 0.25) is 0 Å². The molecule has 0 saturated carbocycles. The van der Waals surface area contributed by atoms with Gasteiger partial charge in [0.25, 0.3) is 0 Å². The second kappa shape index (κ2) is 11.6. The van der Waals surface area contributed by atoms with Crippen molar-refractivity contribution in [1.82, 2.24) is 5.32 Å². The average molecular weight is 450 g/mol. The van der Waals surface area contributed by atoms with Crippen molar-refractivity contribution >= 4 is 13.9 Å². The van der Waals surface area contributed by atoms with Gasteiger partial charge in [-0.15, -0.1) is 0 Å². The smallest absolute Gasteiger partial charge is 0.188 e. The van der Waals surface area contributed by atoms with Crippen molar-refractivity contribution in [3.8, 4) is 5.75 Å². The SMILES string of the molecule is CCC(C)(Pc1c(C)cccc1CNCc1ccccc1)c1cccc(C)c1OCOC. The first-order valence-corrected chi connectivity index (χ1v) is 12.3.